The third-order valence-corrected chi connectivity index (χ3v) is 11.9. The van der Waals surface area contributed by atoms with Crippen LogP contribution in [0.2, 0.25) is 0 Å². The van der Waals surface area contributed by atoms with Crippen molar-refractivity contribution in [2.24, 2.45) is 0 Å². The average molecular weight is 712 g/mol. The van der Waals surface area contributed by atoms with Gasteiger partial charge in [-0.05, 0) is 78.8 Å². The van der Waals surface area contributed by atoms with Crippen LogP contribution in [0, 0.1) is 6.92 Å². The first-order valence-corrected chi connectivity index (χ1v) is 18.7. The highest BCUT2D eigenvalue weighted by molar-refractivity contribution is 9.10. The van der Waals surface area contributed by atoms with Crippen molar-refractivity contribution < 1.29 is 13.2 Å². The molecule has 3 aliphatic heterocycles. The van der Waals surface area contributed by atoms with Crippen molar-refractivity contribution in [3.05, 3.63) is 52.1 Å². The summed E-state index contributed by atoms with van der Waals surface area (Å²) in [6.07, 6.45) is 7.29. The van der Waals surface area contributed by atoms with E-state index in [1.54, 1.807) is 13.3 Å². The van der Waals surface area contributed by atoms with Crippen LogP contribution in [0.4, 0.5) is 34.5 Å². The smallest absolute Gasteiger partial charge is 0.232 e. The lowest BCUT2D eigenvalue weighted by Gasteiger charge is -2.43. The van der Waals surface area contributed by atoms with Gasteiger partial charge in [0.1, 0.15) is 11.6 Å². The van der Waals surface area contributed by atoms with E-state index < -0.39 is 10.0 Å². The van der Waals surface area contributed by atoms with E-state index in [-0.39, 0.29) is 5.41 Å². The minimum absolute atomic E-state index is 0.0766. The Morgan fingerprint density at radius 2 is 1.76 bits per heavy atom. The maximum Gasteiger partial charge on any atom is 0.232 e. The zero-order chi connectivity index (χ0) is 32.2. The second-order valence-corrected chi connectivity index (χ2v) is 16.0. The number of benzene rings is 2. The number of piperidine rings is 1. The number of para-hydroxylation sites is 1. The van der Waals surface area contributed by atoms with Gasteiger partial charge >= 0.3 is 0 Å². The quantitative estimate of drug-likeness (QED) is 0.329. The standard InChI is InChI=1S/C33H43BrN8O3S/c1-22-18-27(29(45-3)19-28(22)41-12-8-23(9-13-41)40-16-14-39(2)15-17-40)37-32-35-20-25(34)31(38-32)36-26-7-5-6-24-30(26)42(46(4,43)44)21-33(24)10-11-33/h5-7,18-20,23H,8-17,21H2,1-4H3,(H2,35,36,37,38). The molecule has 13 heteroatoms. The number of methoxy groups -OCH3 is 1. The molecule has 0 atom stereocenters. The molecule has 4 heterocycles. The van der Waals surface area contributed by atoms with Crippen LogP contribution in [0.15, 0.2) is 41.0 Å². The summed E-state index contributed by atoms with van der Waals surface area (Å²) < 4.78 is 33.6. The van der Waals surface area contributed by atoms with Gasteiger partial charge in [-0.15, -0.1) is 0 Å². The van der Waals surface area contributed by atoms with Gasteiger partial charge in [-0.3, -0.25) is 9.21 Å². The van der Waals surface area contributed by atoms with Gasteiger partial charge in [0.2, 0.25) is 16.0 Å². The summed E-state index contributed by atoms with van der Waals surface area (Å²) >= 11 is 3.59. The Bertz CT molecular complexity index is 1730. The van der Waals surface area contributed by atoms with E-state index in [4.69, 9.17) is 9.72 Å². The lowest BCUT2D eigenvalue weighted by molar-refractivity contribution is 0.0982. The van der Waals surface area contributed by atoms with Crippen LogP contribution in [-0.2, 0) is 15.4 Å². The molecule has 11 nitrogen and oxygen atoms in total. The molecule has 0 radical (unpaired) electrons. The molecule has 1 aromatic heterocycles. The molecule has 0 unspecified atom stereocenters. The Morgan fingerprint density at radius 1 is 1.02 bits per heavy atom. The molecule has 3 aromatic rings. The summed E-state index contributed by atoms with van der Waals surface area (Å²) in [5.74, 6) is 1.66. The second-order valence-electron chi connectivity index (χ2n) is 13.3. The highest BCUT2D eigenvalue weighted by atomic mass is 79.9. The molecule has 1 aliphatic carbocycles. The average Bonchev–Trinajstić information content (AvgIpc) is 3.74. The first-order valence-electron chi connectivity index (χ1n) is 16.1. The predicted molar refractivity (Wildman–Crippen MR) is 188 cm³/mol. The van der Waals surface area contributed by atoms with Gasteiger partial charge in [0, 0.05) is 75.2 Å². The summed E-state index contributed by atoms with van der Waals surface area (Å²) in [4.78, 5) is 16.9. The van der Waals surface area contributed by atoms with Crippen LogP contribution in [0.5, 0.6) is 5.75 Å². The number of aromatic nitrogens is 2. The Morgan fingerprint density at radius 3 is 2.43 bits per heavy atom. The van der Waals surface area contributed by atoms with Crippen LogP contribution < -0.4 is 24.6 Å². The molecule has 1 spiro atoms. The van der Waals surface area contributed by atoms with E-state index in [0.717, 1.165) is 74.7 Å². The van der Waals surface area contributed by atoms with Crippen LogP contribution in [0.1, 0.15) is 36.8 Å². The Hall–Kier alpha value is -3.13. The molecule has 7 rings (SSSR count). The summed E-state index contributed by atoms with van der Waals surface area (Å²) in [6, 6.07) is 10.8. The normalized spacial score (nSPS) is 20.2. The van der Waals surface area contributed by atoms with Crippen LogP contribution in [0.25, 0.3) is 0 Å². The lowest BCUT2D eigenvalue weighted by atomic mass is 9.98. The van der Waals surface area contributed by atoms with Crippen molar-refractivity contribution in [2.45, 2.75) is 44.1 Å². The highest BCUT2D eigenvalue weighted by Crippen LogP contribution is 2.59. The van der Waals surface area contributed by atoms with E-state index in [1.165, 1.54) is 29.1 Å². The van der Waals surface area contributed by atoms with E-state index in [2.05, 4.69) is 78.4 Å². The molecule has 2 aromatic carbocycles. The van der Waals surface area contributed by atoms with Crippen molar-refractivity contribution in [1.29, 1.82) is 0 Å². The molecule has 246 valence electrons. The first kappa shape index (κ1) is 31.5. The summed E-state index contributed by atoms with van der Waals surface area (Å²) in [7, 11) is 0.456. The predicted octanol–water partition coefficient (Wildman–Crippen LogP) is 5.07. The van der Waals surface area contributed by atoms with Gasteiger partial charge in [-0.1, -0.05) is 12.1 Å². The zero-order valence-corrected chi connectivity index (χ0v) is 29.4. The third-order valence-electron chi connectivity index (χ3n) is 10.2. The number of piperazine rings is 1. The molecule has 0 bridgehead atoms. The fourth-order valence-corrected chi connectivity index (χ4v) is 8.65. The number of nitrogens with one attached hydrogen (secondary N) is 2. The minimum atomic E-state index is -3.44. The molecule has 2 N–H and O–H groups in total. The van der Waals surface area contributed by atoms with Crippen molar-refractivity contribution in [3.63, 3.8) is 0 Å². The fourth-order valence-electron chi connectivity index (χ4n) is 7.35. The van der Waals surface area contributed by atoms with E-state index >= 15 is 0 Å². The number of anilines is 6. The Kier molecular flexibility index (Phi) is 8.31. The van der Waals surface area contributed by atoms with Gasteiger partial charge in [-0.2, -0.15) is 4.98 Å². The topological polar surface area (TPSA) is 106 Å². The SMILES string of the molecule is COc1cc(N2CCC(N3CCN(C)CC3)CC2)c(C)cc1Nc1ncc(Br)c(Nc2cccc3c2N(S(C)(=O)=O)CC32CC2)n1. The van der Waals surface area contributed by atoms with E-state index in [0.29, 0.717) is 40.2 Å². The summed E-state index contributed by atoms with van der Waals surface area (Å²) in [5, 5.41) is 6.77. The Balaban J connectivity index is 1.09. The molecular formula is C33H43BrN8O3S. The van der Waals surface area contributed by atoms with Crippen LogP contribution >= 0.6 is 15.9 Å². The third kappa shape index (κ3) is 6.02. The largest absolute Gasteiger partial charge is 0.494 e. The number of fused-ring (bicyclic) bond motifs is 2. The summed E-state index contributed by atoms with van der Waals surface area (Å²) in [5.41, 5.74) is 5.55. The van der Waals surface area contributed by atoms with E-state index in [9.17, 15) is 8.42 Å². The number of hydrogen-bond donors (Lipinski definition) is 2. The molecular weight excluding hydrogens is 668 g/mol. The molecule has 4 aliphatic rings. The molecule has 2 saturated heterocycles. The first-order chi connectivity index (χ1) is 22.0. The number of halogens is 1. The summed E-state index contributed by atoms with van der Waals surface area (Å²) in [6.45, 7) is 9.31. The lowest BCUT2D eigenvalue weighted by Crippen LogP contribution is -2.52. The number of rotatable bonds is 8. The van der Waals surface area contributed by atoms with Gasteiger partial charge < -0.3 is 25.2 Å². The fraction of sp³-hybridized carbons (Fsp3) is 0.515. The number of sulfonamides is 1. The van der Waals surface area contributed by atoms with Gasteiger partial charge in [-0.25, -0.2) is 13.4 Å². The number of hydrogen-bond acceptors (Lipinski definition) is 10. The number of nitrogens with zero attached hydrogens (tertiary/aromatic N) is 6. The Labute approximate surface area is 280 Å². The molecule has 46 heavy (non-hydrogen) atoms. The molecule has 0 amide bonds. The van der Waals surface area contributed by atoms with Gasteiger partial charge in [0.05, 0.1) is 34.9 Å². The molecule has 1 saturated carbocycles. The van der Waals surface area contributed by atoms with Crippen molar-refractivity contribution in [1.82, 2.24) is 19.8 Å². The number of aryl methyl sites for hydroxylation is 1. The van der Waals surface area contributed by atoms with Gasteiger partial charge in [0.15, 0.2) is 0 Å². The van der Waals surface area contributed by atoms with Crippen molar-refractivity contribution >= 4 is 60.5 Å². The van der Waals surface area contributed by atoms with Crippen molar-refractivity contribution in [2.75, 3.05) is 86.1 Å². The maximum atomic E-state index is 12.8. The number of likely N-dealkylation sites (N-methyl/N-ethyl adjacent to an activating group) is 1. The van der Waals surface area contributed by atoms with Crippen molar-refractivity contribution in [3.8, 4) is 5.75 Å². The second kappa shape index (κ2) is 12.1. The van der Waals surface area contributed by atoms with E-state index in [1.807, 2.05) is 12.1 Å². The maximum absolute atomic E-state index is 12.8. The highest BCUT2D eigenvalue weighted by Gasteiger charge is 2.54. The van der Waals surface area contributed by atoms with Crippen LogP contribution in [-0.4, -0.2) is 100 Å². The van der Waals surface area contributed by atoms with Crippen LogP contribution in [0.3, 0.4) is 0 Å². The zero-order valence-electron chi connectivity index (χ0n) is 27.0. The molecule has 3 fully saturated rings. The van der Waals surface area contributed by atoms with Gasteiger partial charge in [0.25, 0.3) is 0 Å². The monoisotopic (exact) mass is 710 g/mol. The minimum Gasteiger partial charge on any atom is -0.494 e. The number of ether oxygens (including phenoxy) is 1.